The molecule has 2 N–H and O–H groups in total. The lowest BCUT2D eigenvalue weighted by molar-refractivity contribution is -0.138. The first kappa shape index (κ1) is 28.3. The number of aliphatic carboxylic acids is 2. The molecule has 0 radical (unpaired) electrons. The number of thiazole rings is 1. The van der Waals surface area contributed by atoms with Crippen molar-refractivity contribution in [3.8, 4) is 0 Å². The molecule has 0 spiro atoms. The van der Waals surface area contributed by atoms with E-state index in [4.69, 9.17) is 4.42 Å². The molecule has 2 aliphatic rings. The number of hydrogen-bond donors (Lipinski definition) is 2. The summed E-state index contributed by atoms with van der Waals surface area (Å²) >= 11 is 2.76. The molecule has 0 atom stereocenters. The van der Waals surface area contributed by atoms with E-state index in [1.807, 2.05) is 36.2 Å². The maximum Gasteiger partial charge on any atom is 0.323 e. The largest absolute Gasteiger partial charge is 0.480 e. The van der Waals surface area contributed by atoms with Crippen LogP contribution < -0.4 is 26.1 Å². The summed E-state index contributed by atoms with van der Waals surface area (Å²) in [5, 5.41) is 19.1. The first-order valence-electron chi connectivity index (χ1n) is 11.7. The van der Waals surface area contributed by atoms with Gasteiger partial charge in [-0.1, -0.05) is 23.9 Å². The van der Waals surface area contributed by atoms with Crippen LogP contribution in [0.15, 0.2) is 54.3 Å². The van der Waals surface area contributed by atoms with Crippen LogP contribution in [0.3, 0.4) is 0 Å². The summed E-state index contributed by atoms with van der Waals surface area (Å²) in [6, 6.07) is 7.73. The molecule has 2 amide bonds. The minimum Gasteiger partial charge on any atom is -0.480 e. The Morgan fingerprint density at radius 2 is 1.59 bits per heavy atom. The number of oxazole rings is 1. The Hall–Kier alpha value is -4.28. The van der Waals surface area contributed by atoms with Gasteiger partial charge in [0.1, 0.15) is 22.7 Å². The number of benzene rings is 1. The molecule has 5 rings (SSSR count). The number of allylic oxidation sites excluding steroid dienone is 1. The molecule has 0 saturated carbocycles. The van der Waals surface area contributed by atoms with E-state index in [0.29, 0.717) is 21.9 Å². The van der Waals surface area contributed by atoms with Crippen molar-refractivity contribution in [3.63, 3.8) is 0 Å². The Morgan fingerprint density at radius 1 is 0.927 bits per heavy atom. The first-order chi connectivity index (χ1) is 19.4. The van der Waals surface area contributed by atoms with Crippen molar-refractivity contribution in [2.45, 2.75) is 24.9 Å². The van der Waals surface area contributed by atoms with Gasteiger partial charge < -0.3 is 19.5 Å². The van der Waals surface area contributed by atoms with Crippen LogP contribution in [0, 0.1) is 10.1 Å². The van der Waals surface area contributed by atoms with Gasteiger partial charge in [0.2, 0.25) is 11.0 Å². The standard InChI is InChI=1S/C25H20N4O9S3/c1-11(8-14-26(2)12-6-4-5-7-13(12)39-14)18-22(36)29(10-16(32)33)24(40-18)17-20(34)28(9-15(30)31)23(38-17)19-21(35)27(3)25(37)41-19/h4-8H,9-10H2,1-3H3,(H,30,31)(H,32,33)/b14-8?,18-11+,23-19+,24-17+. The van der Waals surface area contributed by atoms with E-state index in [-0.39, 0.29) is 14.1 Å². The maximum atomic E-state index is 13.5. The normalized spacial score (nSPS) is 18.9. The zero-order valence-corrected chi connectivity index (χ0v) is 24.0. The lowest BCUT2D eigenvalue weighted by atomic mass is 10.3. The minimum absolute atomic E-state index is 0.134. The third kappa shape index (κ3) is 4.93. The molecule has 0 bridgehead atoms. The number of rotatable bonds is 5. The Morgan fingerprint density at radius 3 is 2.20 bits per heavy atom. The SMILES string of the molecule is C/C(C=C1Sc2ccccc2N1C)=c1\s/c(=c2/o/c(=C3/SC(=O)N(C)C3=O)n(CC(=O)O)c2=O)n(CC(=O)O)c1=O. The number of fused-ring (bicyclic) bond motifs is 1. The number of hydrogen-bond acceptors (Lipinski definition) is 11. The summed E-state index contributed by atoms with van der Waals surface area (Å²) in [5.41, 5.74) is -1.23. The molecule has 41 heavy (non-hydrogen) atoms. The van der Waals surface area contributed by atoms with E-state index in [0.717, 1.165) is 36.4 Å². The van der Waals surface area contributed by atoms with Gasteiger partial charge in [0.05, 0.1) is 15.2 Å². The molecule has 2 aromatic heterocycles. The number of thioether (sulfide) groups is 2. The summed E-state index contributed by atoms with van der Waals surface area (Å²) < 4.78 is 7.18. The van der Waals surface area contributed by atoms with Crippen LogP contribution in [-0.2, 0) is 27.5 Å². The second-order valence-corrected chi connectivity index (χ2v) is 11.9. The number of amides is 2. The topological polar surface area (TPSA) is 172 Å². The van der Waals surface area contributed by atoms with Crippen molar-refractivity contribution in [3.05, 3.63) is 76.2 Å². The molecule has 3 aromatic rings. The predicted molar refractivity (Wildman–Crippen MR) is 151 cm³/mol. The third-order valence-electron chi connectivity index (χ3n) is 6.17. The predicted octanol–water partition coefficient (Wildman–Crippen LogP) is 0.808. The molecule has 2 aliphatic heterocycles. The maximum absolute atomic E-state index is 13.5. The average molecular weight is 617 g/mol. The monoisotopic (exact) mass is 616 g/mol. The smallest absolute Gasteiger partial charge is 0.323 e. The fourth-order valence-corrected chi connectivity index (χ4v) is 7.27. The Labute approximate surface area is 241 Å². The number of carboxylic acids is 2. The summed E-state index contributed by atoms with van der Waals surface area (Å²) in [4.78, 5) is 78.3. The van der Waals surface area contributed by atoms with Gasteiger partial charge in [-0.2, -0.15) is 0 Å². The van der Waals surface area contributed by atoms with E-state index < -0.39 is 58.3 Å². The minimum atomic E-state index is -1.43. The lowest BCUT2D eigenvalue weighted by Gasteiger charge is -2.13. The molecular weight excluding hydrogens is 596 g/mol. The van der Waals surface area contributed by atoms with Crippen LogP contribution in [0.4, 0.5) is 10.5 Å². The molecule has 212 valence electrons. The third-order valence-corrected chi connectivity index (χ3v) is 9.64. The molecule has 16 heteroatoms. The van der Waals surface area contributed by atoms with Gasteiger partial charge in [0.15, 0.2) is 0 Å². The molecule has 0 unspecified atom stereocenters. The van der Waals surface area contributed by atoms with Crippen LogP contribution in [-0.4, -0.2) is 61.4 Å². The number of carboxylic acid groups (broad SMARTS) is 2. The number of aromatic nitrogens is 2. The highest BCUT2D eigenvalue weighted by Gasteiger charge is 2.35. The van der Waals surface area contributed by atoms with Crippen molar-refractivity contribution in [2.75, 3.05) is 19.0 Å². The number of carbonyl (C=O) groups excluding carboxylic acids is 2. The summed E-state index contributed by atoms with van der Waals surface area (Å²) in [6.07, 6.45) is 1.77. The van der Waals surface area contributed by atoms with Gasteiger partial charge in [-0.15, -0.1) is 11.3 Å². The highest BCUT2D eigenvalue weighted by molar-refractivity contribution is 8.22. The van der Waals surface area contributed by atoms with Crippen LogP contribution in [0.5, 0.6) is 0 Å². The number of carbonyl (C=O) groups is 4. The van der Waals surface area contributed by atoms with Crippen molar-refractivity contribution in [1.82, 2.24) is 14.0 Å². The quantitative estimate of drug-likeness (QED) is 0.414. The fraction of sp³-hybridized carbons (Fsp3) is 0.200. The highest BCUT2D eigenvalue weighted by Crippen LogP contribution is 2.45. The summed E-state index contributed by atoms with van der Waals surface area (Å²) in [5.74, 6) is -3.60. The Kier molecular flexibility index (Phi) is 7.31. The molecule has 1 aromatic carbocycles. The van der Waals surface area contributed by atoms with Crippen molar-refractivity contribution in [2.24, 2.45) is 0 Å². The number of imide groups is 1. The lowest BCUT2D eigenvalue weighted by Crippen LogP contribution is -2.33. The Bertz CT molecular complexity index is 2050. The van der Waals surface area contributed by atoms with Crippen molar-refractivity contribution >= 4 is 74.1 Å². The van der Waals surface area contributed by atoms with Gasteiger partial charge in [-0.3, -0.25) is 42.8 Å². The van der Waals surface area contributed by atoms with Crippen LogP contribution in [0.2, 0.25) is 0 Å². The number of nitrogens with zero attached hydrogens (tertiary/aromatic N) is 4. The molecule has 13 nitrogen and oxygen atoms in total. The number of anilines is 1. The molecule has 4 heterocycles. The number of para-hydroxylation sites is 1. The zero-order chi connectivity index (χ0) is 29.7. The van der Waals surface area contributed by atoms with E-state index in [9.17, 15) is 39.0 Å². The second kappa shape index (κ2) is 10.6. The van der Waals surface area contributed by atoms with Crippen LogP contribution in [0.25, 0.3) is 10.5 Å². The highest BCUT2D eigenvalue weighted by atomic mass is 32.2. The van der Waals surface area contributed by atoms with Crippen molar-refractivity contribution < 1.29 is 33.8 Å². The summed E-state index contributed by atoms with van der Waals surface area (Å²) in [7, 11) is 3.09. The zero-order valence-electron chi connectivity index (χ0n) is 21.6. The van der Waals surface area contributed by atoms with Gasteiger partial charge in [0.25, 0.3) is 22.3 Å². The van der Waals surface area contributed by atoms with E-state index in [2.05, 4.69) is 0 Å². The molecule has 1 saturated heterocycles. The second-order valence-electron chi connectivity index (χ2n) is 8.90. The first-order valence-corrected chi connectivity index (χ1v) is 14.2. The van der Waals surface area contributed by atoms with Gasteiger partial charge in [-0.05, 0) is 42.5 Å². The van der Waals surface area contributed by atoms with E-state index >= 15 is 0 Å². The van der Waals surface area contributed by atoms with E-state index in [1.165, 1.54) is 18.8 Å². The fourth-order valence-electron chi connectivity index (χ4n) is 4.17. The Balaban J connectivity index is 1.84. The van der Waals surface area contributed by atoms with Gasteiger partial charge in [0, 0.05) is 19.0 Å². The van der Waals surface area contributed by atoms with Crippen LogP contribution >= 0.6 is 34.9 Å². The molecule has 0 aliphatic carbocycles. The average Bonchev–Trinajstić information content (AvgIpc) is 3.59. The molecular formula is C25H20N4O9S3. The summed E-state index contributed by atoms with van der Waals surface area (Å²) in [6.45, 7) is -0.0436. The van der Waals surface area contributed by atoms with Gasteiger partial charge in [-0.25, -0.2) is 0 Å². The van der Waals surface area contributed by atoms with Crippen LogP contribution in [0.1, 0.15) is 6.92 Å². The van der Waals surface area contributed by atoms with Gasteiger partial charge >= 0.3 is 11.9 Å². The van der Waals surface area contributed by atoms with Crippen molar-refractivity contribution in [1.29, 1.82) is 0 Å². The molecule has 1 fully saturated rings. The van der Waals surface area contributed by atoms with E-state index in [1.54, 1.807) is 13.0 Å².